The molecule has 1 aliphatic rings. The quantitative estimate of drug-likeness (QED) is 0.891. The number of aryl methyl sites for hydroxylation is 1. The fraction of sp³-hybridized carbons (Fsp3) is 0.571. The largest absolute Gasteiger partial charge is 0.338 e. The van der Waals surface area contributed by atoms with Gasteiger partial charge in [0.1, 0.15) is 0 Å². The van der Waals surface area contributed by atoms with Crippen molar-refractivity contribution in [2.24, 2.45) is 5.92 Å². The number of pyridine rings is 1. The number of rotatable bonds is 4. The van der Waals surface area contributed by atoms with E-state index in [1.165, 1.54) is 0 Å². The molecular formula is C14H21N3O3S. The van der Waals surface area contributed by atoms with Crippen LogP contribution < -0.4 is 4.72 Å². The van der Waals surface area contributed by atoms with Crippen molar-refractivity contribution in [2.45, 2.75) is 19.8 Å². The van der Waals surface area contributed by atoms with Gasteiger partial charge in [0.25, 0.3) is 5.91 Å². The average Bonchev–Trinajstić information content (AvgIpc) is 2.45. The molecule has 1 aromatic heterocycles. The van der Waals surface area contributed by atoms with Crippen molar-refractivity contribution >= 4 is 15.9 Å². The molecule has 116 valence electrons. The van der Waals surface area contributed by atoms with Crippen LogP contribution in [0.1, 0.15) is 28.9 Å². The minimum Gasteiger partial charge on any atom is -0.338 e. The normalized spacial score (nSPS) is 19.5. The molecule has 21 heavy (non-hydrogen) atoms. The summed E-state index contributed by atoms with van der Waals surface area (Å²) in [6.45, 7) is 3.55. The fourth-order valence-electron chi connectivity index (χ4n) is 2.46. The van der Waals surface area contributed by atoms with Crippen molar-refractivity contribution in [1.29, 1.82) is 0 Å². The number of piperidine rings is 1. The van der Waals surface area contributed by atoms with Gasteiger partial charge in [-0.15, -0.1) is 0 Å². The smallest absolute Gasteiger partial charge is 0.255 e. The molecule has 0 aliphatic carbocycles. The van der Waals surface area contributed by atoms with Gasteiger partial charge in [-0.3, -0.25) is 9.78 Å². The Morgan fingerprint density at radius 1 is 1.48 bits per heavy atom. The Kier molecular flexibility index (Phi) is 4.95. The number of carbonyl (C=O) groups excluding carboxylic acids is 1. The number of carbonyl (C=O) groups is 1. The van der Waals surface area contributed by atoms with Gasteiger partial charge in [0.05, 0.1) is 11.8 Å². The highest BCUT2D eigenvalue weighted by Crippen LogP contribution is 2.18. The lowest BCUT2D eigenvalue weighted by molar-refractivity contribution is 0.0676. The average molecular weight is 311 g/mol. The number of sulfonamides is 1. The summed E-state index contributed by atoms with van der Waals surface area (Å²) in [5.41, 5.74) is 1.46. The van der Waals surface area contributed by atoms with Gasteiger partial charge in [0.2, 0.25) is 10.0 Å². The first-order valence-corrected chi connectivity index (χ1v) is 8.91. The maximum Gasteiger partial charge on any atom is 0.255 e. The number of likely N-dealkylation sites (tertiary alicyclic amines) is 1. The molecule has 2 rings (SSSR count). The Hall–Kier alpha value is -1.47. The molecule has 0 radical (unpaired) electrons. The first-order valence-electron chi connectivity index (χ1n) is 7.02. The van der Waals surface area contributed by atoms with E-state index in [2.05, 4.69) is 9.71 Å². The van der Waals surface area contributed by atoms with E-state index in [1.54, 1.807) is 17.2 Å². The van der Waals surface area contributed by atoms with E-state index in [-0.39, 0.29) is 11.8 Å². The third-order valence-corrected chi connectivity index (χ3v) is 4.29. The lowest BCUT2D eigenvalue weighted by atomic mass is 9.98. The second-order valence-electron chi connectivity index (χ2n) is 5.57. The molecule has 1 aromatic rings. The highest BCUT2D eigenvalue weighted by atomic mass is 32.2. The van der Waals surface area contributed by atoms with E-state index < -0.39 is 10.0 Å². The molecule has 6 nitrogen and oxygen atoms in total. The summed E-state index contributed by atoms with van der Waals surface area (Å²) >= 11 is 0. The van der Waals surface area contributed by atoms with Gasteiger partial charge >= 0.3 is 0 Å². The molecule has 1 amide bonds. The van der Waals surface area contributed by atoms with E-state index in [9.17, 15) is 13.2 Å². The number of hydrogen-bond donors (Lipinski definition) is 1. The molecule has 1 saturated heterocycles. The van der Waals surface area contributed by atoms with Gasteiger partial charge in [-0.2, -0.15) is 0 Å². The highest BCUT2D eigenvalue weighted by molar-refractivity contribution is 7.88. The monoisotopic (exact) mass is 311 g/mol. The molecule has 1 unspecified atom stereocenters. The lowest BCUT2D eigenvalue weighted by Crippen LogP contribution is -2.43. The molecule has 7 heteroatoms. The number of nitrogens with one attached hydrogen (secondary N) is 1. The zero-order valence-corrected chi connectivity index (χ0v) is 13.2. The van der Waals surface area contributed by atoms with Gasteiger partial charge in [0, 0.05) is 31.5 Å². The van der Waals surface area contributed by atoms with Gasteiger partial charge < -0.3 is 4.90 Å². The van der Waals surface area contributed by atoms with Gasteiger partial charge in [-0.1, -0.05) is 0 Å². The van der Waals surface area contributed by atoms with E-state index in [1.807, 2.05) is 13.0 Å². The Balaban J connectivity index is 1.97. The van der Waals surface area contributed by atoms with Crippen LogP contribution in [0.3, 0.4) is 0 Å². The van der Waals surface area contributed by atoms with Crippen molar-refractivity contribution in [3.8, 4) is 0 Å². The van der Waals surface area contributed by atoms with Crippen LogP contribution in [-0.2, 0) is 10.0 Å². The molecule has 0 spiro atoms. The molecule has 1 fully saturated rings. The molecule has 1 atom stereocenters. The van der Waals surface area contributed by atoms with E-state index in [0.717, 1.165) is 24.8 Å². The van der Waals surface area contributed by atoms with Crippen molar-refractivity contribution in [2.75, 3.05) is 25.9 Å². The SMILES string of the molecule is Cc1ccc(C(=O)N2CCCC(CNS(C)(=O)=O)C2)cn1. The molecule has 0 aromatic carbocycles. The second kappa shape index (κ2) is 6.53. The summed E-state index contributed by atoms with van der Waals surface area (Å²) in [5, 5.41) is 0. The van der Waals surface area contributed by atoms with Crippen molar-refractivity contribution in [3.63, 3.8) is 0 Å². The third-order valence-electron chi connectivity index (χ3n) is 3.60. The summed E-state index contributed by atoms with van der Waals surface area (Å²) in [5.74, 6) is 0.127. The third kappa shape index (κ3) is 4.78. The maximum absolute atomic E-state index is 12.4. The number of hydrogen-bond acceptors (Lipinski definition) is 4. The zero-order valence-electron chi connectivity index (χ0n) is 12.4. The van der Waals surface area contributed by atoms with Crippen LogP contribution >= 0.6 is 0 Å². The van der Waals surface area contributed by atoms with Crippen LogP contribution in [0.4, 0.5) is 0 Å². The predicted molar refractivity (Wildman–Crippen MR) is 80.4 cm³/mol. The lowest BCUT2D eigenvalue weighted by Gasteiger charge is -2.32. The summed E-state index contributed by atoms with van der Waals surface area (Å²) in [6.07, 6.45) is 4.56. The molecule has 0 saturated carbocycles. The second-order valence-corrected chi connectivity index (χ2v) is 7.40. The number of nitrogens with zero attached hydrogens (tertiary/aromatic N) is 2. The molecule has 1 N–H and O–H groups in total. The van der Waals surface area contributed by atoms with Crippen LogP contribution in [0, 0.1) is 12.8 Å². The Morgan fingerprint density at radius 3 is 2.86 bits per heavy atom. The van der Waals surface area contributed by atoms with Gasteiger partial charge in [-0.05, 0) is 37.8 Å². The van der Waals surface area contributed by atoms with Crippen LogP contribution in [0.15, 0.2) is 18.3 Å². The van der Waals surface area contributed by atoms with Crippen molar-refractivity contribution in [1.82, 2.24) is 14.6 Å². The predicted octanol–water partition coefficient (Wildman–Crippen LogP) is 0.791. The fourth-order valence-corrected chi connectivity index (χ4v) is 3.00. The molecule has 2 heterocycles. The standard InChI is InChI=1S/C14H21N3O3S/c1-11-5-6-13(9-15-11)14(18)17-7-3-4-12(10-17)8-16-21(2,19)20/h5-6,9,12,16H,3-4,7-8,10H2,1-2H3. The van der Waals surface area contributed by atoms with E-state index >= 15 is 0 Å². The molecular weight excluding hydrogens is 290 g/mol. The van der Waals surface area contributed by atoms with E-state index in [0.29, 0.717) is 25.2 Å². The van der Waals surface area contributed by atoms with Crippen LogP contribution in [-0.4, -0.2) is 50.1 Å². The van der Waals surface area contributed by atoms with Crippen LogP contribution in [0.2, 0.25) is 0 Å². The Bertz CT molecular complexity index is 598. The van der Waals surface area contributed by atoms with Crippen molar-refractivity contribution in [3.05, 3.63) is 29.6 Å². The van der Waals surface area contributed by atoms with E-state index in [4.69, 9.17) is 0 Å². The maximum atomic E-state index is 12.4. The topological polar surface area (TPSA) is 79.4 Å². The zero-order chi connectivity index (χ0) is 15.5. The Labute approximate surface area is 125 Å². The molecule has 0 bridgehead atoms. The number of amides is 1. The minimum absolute atomic E-state index is 0.0356. The summed E-state index contributed by atoms with van der Waals surface area (Å²) < 4.78 is 24.8. The van der Waals surface area contributed by atoms with Crippen molar-refractivity contribution < 1.29 is 13.2 Å². The first kappa shape index (κ1) is 15.9. The van der Waals surface area contributed by atoms with Crippen LogP contribution in [0.5, 0.6) is 0 Å². The highest BCUT2D eigenvalue weighted by Gasteiger charge is 2.25. The summed E-state index contributed by atoms with van der Waals surface area (Å²) in [7, 11) is -3.18. The summed E-state index contributed by atoms with van der Waals surface area (Å²) in [6, 6.07) is 3.60. The summed E-state index contributed by atoms with van der Waals surface area (Å²) in [4.78, 5) is 18.3. The minimum atomic E-state index is -3.18. The van der Waals surface area contributed by atoms with Crippen LogP contribution in [0.25, 0.3) is 0 Å². The Morgan fingerprint density at radius 2 is 2.24 bits per heavy atom. The van der Waals surface area contributed by atoms with Gasteiger partial charge in [0.15, 0.2) is 0 Å². The number of aromatic nitrogens is 1. The first-order chi connectivity index (χ1) is 9.85. The molecule has 1 aliphatic heterocycles. The van der Waals surface area contributed by atoms with Gasteiger partial charge in [-0.25, -0.2) is 13.1 Å².